The number of halogens is 2. The molecule has 2 saturated heterocycles. The van der Waals surface area contributed by atoms with Crippen LogP contribution in [0.4, 0.5) is 19.3 Å². The Bertz CT molecular complexity index is 766. The summed E-state index contributed by atoms with van der Waals surface area (Å²) in [5.41, 5.74) is -0.111. The molecule has 0 aromatic heterocycles. The van der Waals surface area contributed by atoms with Gasteiger partial charge in [0.05, 0.1) is 18.2 Å². The maximum Gasteiger partial charge on any atom is 0.409 e. The average molecular weight is 395 g/mol. The Balaban J connectivity index is 1.55. The molecule has 0 aliphatic carbocycles. The molecule has 0 bridgehead atoms. The predicted molar refractivity (Wildman–Crippen MR) is 96.4 cm³/mol. The van der Waals surface area contributed by atoms with E-state index in [-0.39, 0.29) is 36.7 Å². The average Bonchev–Trinajstić information content (AvgIpc) is 3.06. The normalized spacial score (nSPS) is 20.4. The first-order chi connectivity index (χ1) is 13.4. The van der Waals surface area contributed by atoms with Crippen molar-refractivity contribution in [3.63, 3.8) is 0 Å². The molecule has 3 amide bonds. The highest BCUT2D eigenvalue weighted by Gasteiger charge is 2.39. The highest BCUT2D eigenvalue weighted by atomic mass is 19.1. The number of anilines is 1. The van der Waals surface area contributed by atoms with E-state index in [0.717, 1.165) is 12.1 Å². The largest absolute Gasteiger partial charge is 0.450 e. The fourth-order valence-electron chi connectivity index (χ4n) is 3.66. The van der Waals surface area contributed by atoms with Gasteiger partial charge in [-0.15, -0.1) is 0 Å². The van der Waals surface area contributed by atoms with Crippen molar-refractivity contribution in [3.05, 3.63) is 29.8 Å². The number of carbonyl (C=O) groups excluding carboxylic acids is 3. The number of hydrogen-bond donors (Lipinski definition) is 1. The van der Waals surface area contributed by atoms with Gasteiger partial charge in [0.1, 0.15) is 11.6 Å². The van der Waals surface area contributed by atoms with Crippen molar-refractivity contribution in [1.29, 1.82) is 0 Å². The molecule has 152 valence electrons. The van der Waals surface area contributed by atoms with Gasteiger partial charge in [-0.05, 0) is 31.9 Å². The minimum absolute atomic E-state index is 0.0430. The topological polar surface area (TPSA) is 79.0 Å². The first kappa shape index (κ1) is 20.0. The Morgan fingerprint density at radius 3 is 2.61 bits per heavy atom. The minimum atomic E-state index is -0.860. The van der Waals surface area contributed by atoms with Crippen LogP contribution in [0.25, 0.3) is 0 Å². The van der Waals surface area contributed by atoms with E-state index in [9.17, 15) is 23.2 Å². The van der Waals surface area contributed by atoms with E-state index in [4.69, 9.17) is 4.74 Å². The van der Waals surface area contributed by atoms with Crippen molar-refractivity contribution in [2.24, 2.45) is 5.92 Å². The molecule has 1 atom stereocenters. The monoisotopic (exact) mass is 395 g/mol. The van der Waals surface area contributed by atoms with E-state index in [1.807, 2.05) is 0 Å². The third-order valence-electron chi connectivity index (χ3n) is 5.15. The highest BCUT2D eigenvalue weighted by molar-refractivity contribution is 5.97. The summed E-state index contributed by atoms with van der Waals surface area (Å²) in [7, 11) is 0. The second kappa shape index (κ2) is 8.53. The van der Waals surface area contributed by atoms with Crippen LogP contribution in [0.15, 0.2) is 18.2 Å². The number of carbonyl (C=O) groups is 3. The number of amides is 3. The molecule has 3 rings (SSSR count). The fraction of sp³-hybridized carbons (Fsp3) is 0.526. The summed E-state index contributed by atoms with van der Waals surface area (Å²) < 4.78 is 31.7. The van der Waals surface area contributed by atoms with E-state index < -0.39 is 23.5 Å². The van der Waals surface area contributed by atoms with E-state index in [2.05, 4.69) is 5.32 Å². The molecular formula is C19H23F2N3O4. The van der Waals surface area contributed by atoms with Crippen molar-refractivity contribution in [3.8, 4) is 0 Å². The second-order valence-corrected chi connectivity index (χ2v) is 6.98. The Kier molecular flexibility index (Phi) is 6.11. The Morgan fingerprint density at radius 2 is 1.96 bits per heavy atom. The summed E-state index contributed by atoms with van der Waals surface area (Å²) >= 11 is 0. The lowest BCUT2D eigenvalue weighted by atomic mass is 10.0. The maximum atomic E-state index is 13.7. The molecule has 1 aromatic rings. The summed E-state index contributed by atoms with van der Waals surface area (Å²) in [6.45, 7) is 3.29. The lowest BCUT2D eigenvalue weighted by molar-refractivity contribution is -0.130. The van der Waals surface area contributed by atoms with Gasteiger partial charge in [-0.25, -0.2) is 13.6 Å². The van der Waals surface area contributed by atoms with Crippen LogP contribution in [0.5, 0.6) is 0 Å². The summed E-state index contributed by atoms with van der Waals surface area (Å²) in [4.78, 5) is 39.9. The maximum absolute atomic E-state index is 13.7. The van der Waals surface area contributed by atoms with Gasteiger partial charge in [-0.3, -0.25) is 9.59 Å². The van der Waals surface area contributed by atoms with Gasteiger partial charge in [0.2, 0.25) is 11.8 Å². The van der Waals surface area contributed by atoms with Crippen LogP contribution < -0.4 is 5.32 Å². The summed E-state index contributed by atoms with van der Waals surface area (Å²) in [6, 6.07) is 2.86. The zero-order chi connectivity index (χ0) is 20.3. The van der Waals surface area contributed by atoms with Crippen molar-refractivity contribution in [2.45, 2.75) is 32.2 Å². The second-order valence-electron chi connectivity index (χ2n) is 6.98. The first-order valence-electron chi connectivity index (χ1n) is 9.36. The number of rotatable bonds is 4. The van der Waals surface area contributed by atoms with Gasteiger partial charge in [-0.1, -0.05) is 0 Å². The molecule has 0 saturated carbocycles. The Labute approximate surface area is 161 Å². The molecule has 9 heteroatoms. The summed E-state index contributed by atoms with van der Waals surface area (Å²) in [6.07, 6.45) is 0.927. The number of benzene rings is 1. The number of nitrogens with zero attached hydrogens (tertiary/aromatic N) is 2. The lowest BCUT2D eigenvalue weighted by Gasteiger charge is -2.36. The number of likely N-dealkylation sites (tertiary alicyclic amines) is 2. The number of nitrogens with one attached hydrogen (secondary N) is 1. The van der Waals surface area contributed by atoms with Crippen molar-refractivity contribution in [1.82, 2.24) is 9.80 Å². The van der Waals surface area contributed by atoms with Gasteiger partial charge in [-0.2, -0.15) is 0 Å². The fourth-order valence-corrected chi connectivity index (χ4v) is 3.66. The van der Waals surface area contributed by atoms with E-state index in [0.29, 0.717) is 38.6 Å². The Morgan fingerprint density at radius 1 is 1.25 bits per heavy atom. The Hall–Kier alpha value is -2.71. The molecule has 28 heavy (non-hydrogen) atoms. The molecule has 0 radical (unpaired) electrons. The SMILES string of the molecule is CCOC(=O)N1CCC(N2CC(C(=O)Nc3ccc(F)cc3F)CC2=O)CC1. The third-order valence-corrected chi connectivity index (χ3v) is 5.15. The van der Waals surface area contributed by atoms with Crippen LogP contribution in [-0.4, -0.2) is 60.0 Å². The van der Waals surface area contributed by atoms with Crippen molar-refractivity contribution >= 4 is 23.6 Å². The standard InChI is InChI=1S/C19H23F2N3O4/c1-2-28-19(27)23-7-5-14(6-8-23)24-11-12(9-17(24)25)18(26)22-16-4-3-13(20)10-15(16)21/h3-4,10,12,14H,2,5-9,11H2,1H3,(H,22,26). The molecule has 7 nitrogen and oxygen atoms in total. The van der Waals surface area contributed by atoms with Crippen LogP contribution >= 0.6 is 0 Å². The van der Waals surface area contributed by atoms with Crippen LogP contribution in [0.1, 0.15) is 26.2 Å². The molecule has 2 heterocycles. The highest BCUT2D eigenvalue weighted by Crippen LogP contribution is 2.27. The van der Waals surface area contributed by atoms with E-state index >= 15 is 0 Å². The molecule has 0 spiro atoms. The third kappa shape index (κ3) is 4.40. The van der Waals surface area contributed by atoms with E-state index in [1.165, 1.54) is 0 Å². The van der Waals surface area contributed by atoms with Crippen molar-refractivity contribution in [2.75, 3.05) is 31.6 Å². The lowest BCUT2D eigenvalue weighted by Crippen LogP contribution is -2.47. The van der Waals surface area contributed by atoms with Gasteiger partial charge in [0.25, 0.3) is 0 Å². The van der Waals surface area contributed by atoms with Crippen LogP contribution in [0.3, 0.4) is 0 Å². The van der Waals surface area contributed by atoms with Crippen LogP contribution in [0, 0.1) is 17.6 Å². The van der Waals surface area contributed by atoms with Crippen LogP contribution in [-0.2, 0) is 14.3 Å². The minimum Gasteiger partial charge on any atom is -0.450 e. The number of hydrogen-bond acceptors (Lipinski definition) is 4. The molecule has 1 N–H and O–H groups in total. The summed E-state index contributed by atoms with van der Waals surface area (Å²) in [5, 5.41) is 2.43. The molecular weight excluding hydrogens is 372 g/mol. The van der Waals surface area contributed by atoms with Gasteiger partial charge in [0.15, 0.2) is 0 Å². The molecule has 2 fully saturated rings. The van der Waals surface area contributed by atoms with Gasteiger partial charge in [0, 0.05) is 38.2 Å². The zero-order valence-electron chi connectivity index (χ0n) is 15.6. The van der Waals surface area contributed by atoms with Crippen LogP contribution in [0.2, 0.25) is 0 Å². The smallest absolute Gasteiger partial charge is 0.409 e. The quantitative estimate of drug-likeness (QED) is 0.849. The number of piperidine rings is 1. The molecule has 1 aromatic carbocycles. The predicted octanol–water partition coefficient (Wildman–Crippen LogP) is 2.37. The summed E-state index contributed by atoms with van der Waals surface area (Å²) in [5.74, 6) is -2.78. The van der Waals surface area contributed by atoms with E-state index in [1.54, 1.807) is 16.7 Å². The van der Waals surface area contributed by atoms with Gasteiger partial charge < -0.3 is 19.9 Å². The number of ether oxygens (including phenoxy) is 1. The molecule has 1 unspecified atom stereocenters. The van der Waals surface area contributed by atoms with Crippen molar-refractivity contribution < 1.29 is 27.9 Å². The molecule has 2 aliphatic heterocycles. The first-order valence-corrected chi connectivity index (χ1v) is 9.36. The molecule has 2 aliphatic rings. The van der Waals surface area contributed by atoms with Gasteiger partial charge >= 0.3 is 6.09 Å². The zero-order valence-corrected chi connectivity index (χ0v) is 15.6.